The Labute approximate surface area is 194 Å². The number of esters is 1. The zero-order valence-electron chi connectivity index (χ0n) is 20.2. The second kappa shape index (κ2) is 8.52. The first kappa shape index (κ1) is 25.4. The van der Waals surface area contributed by atoms with Crippen LogP contribution < -0.4 is 11.0 Å². The van der Waals surface area contributed by atoms with Crippen molar-refractivity contribution in [3.63, 3.8) is 0 Å². The molecule has 0 spiro atoms. The number of carbonyl (C=O) groups is 1. The van der Waals surface area contributed by atoms with Crippen molar-refractivity contribution in [2.75, 3.05) is 12.9 Å². The summed E-state index contributed by atoms with van der Waals surface area (Å²) >= 11 is 0. The smallest absolute Gasteiger partial charge is 0.465 e. The number of ether oxygens (including phenoxy) is 1. The maximum absolute atomic E-state index is 13.0. The van der Waals surface area contributed by atoms with Crippen LogP contribution in [-0.4, -0.2) is 59.9 Å². The minimum absolute atomic E-state index is 0.0108. The van der Waals surface area contributed by atoms with Gasteiger partial charge >= 0.3 is 13.1 Å². The largest absolute Gasteiger partial charge is 0.494 e. The van der Waals surface area contributed by atoms with Crippen LogP contribution in [0.1, 0.15) is 48.0 Å². The van der Waals surface area contributed by atoms with E-state index in [1.807, 2.05) is 27.7 Å². The predicted octanol–water partition coefficient (Wildman–Crippen LogP) is 1.45. The van der Waals surface area contributed by atoms with Gasteiger partial charge in [-0.25, -0.2) is 13.4 Å². The van der Waals surface area contributed by atoms with Gasteiger partial charge in [-0.1, -0.05) is 6.07 Å². The van der Waals surface area contributed by atoms with Crippen molar-refractivity contribution < 1.29 is 27.3 Å². The van der Waals surface area contributed by atoms with E-state index in [2.05, 4.69) is 4.98 Å². The maximum Gasteiger partial charge on any atom is 0.494 e. The van der Waals surface area contributed by atoms with Crippen LogP contribution in [0.2, 0.25) is 0 Å². The summed E-state index contributed by atoms with van der Waals surface area (Å²) in [5.41, 5.74) is -0.0961. The van der Waals surface area contributed by atoms with Gasteiger partial charge < -0.3 is 14.0 Å². The third kappa shape index (κ3) is 4.58. The van der Waals surface area contributed by atoms with Crippen molar-refractivity contribution in [1.29, 1.82) is 0 Å². The van der Waals surface area contributed by atoms with Gasteiger partial charge in [-0.2, -0.15) is 0 Å². The van der Waals surface area contributed by atoms with Crippen molar-refractivity contribution in [2.24, 2.45) is 0 Å². The van der Waals surface area contributed by atoms with E-state index in [-0.39, 0.29) is 25.1 Å². The molecular formula is C22H31BN2O7S. The number of benzene rings is 1. The molecule has 2 aromatic rings. The highest BCUT2D eigenvalue weighted by Crippen LogP contribution is 2.36. The second-order valence-electron chi connectivity index (χ2n) is 9.58. The van der Waals surface area contributed by atoms with Crippen LogP contribution in [-0.2, 0) is 35.2 Å². The standard InChI is InChI=1S/C22H31BN2O7S/c1-8-30-19(27)22(6,33(7,28)29)11-12-25-14-24-17-13-15(9-10-16(17)18(25)26)23-31-20(2,3)21(4,5)32-23/h9-10,13-14H,8,11-12H2,1-7H3. The summed E-state index contributed by atoms with van der Waals surface area (Å²) in [6.07, 6.45) is 2.22. The number of hydrogen-bond acceptors (Lipinski definition) is 8. The molecule has 1 atom stereocenters. The molecule has 1 aliphatic heterocycles. The quantitative estimate of drug-likeness (QED) is 0.434. The topological polar surface area (TPSA) is 114 Å². The highest BCUT2D eigenvalue weighted by atomic mass is 32.2. The Morgan fingerprint density at radius 3 is 2.36 bits per heavy atom. The fourth-order valence-electron chi connectivity index (χ4n) is 3.52. The molecule has 1 aromatic carbocycles. The lowest BCUT2D eigenvalue weighted by Crippen LogP contribution is -2.45. The number of fused-ring (bicyclic) bond motifs is 1. The van der Waals surface area contributed by atoms with E-state index in [4.69, 9.17) is 14.0 Å². The Morgan fingerprint density at radius 2 is 1.82 bits per heavy atom. The van der Waals surface area contributed by atoms with Crippen LogP contribution >= 0.6 is 0 Å². The molecule has 1 unspecified atom stereocenters. The Hall–Kier alpha value is -2.24. The Bertz CT molecular complexity index is 1220. The van der Waals surface area contributed by atoms with E-state index in [0.29, 0.717) is 10.9 Å². The highest BCUT2D eigenvalue weighted by molar-refractivity contribution is 7.92. The van der Waals surface area contributed by atoms with Crippen LogP contribution in [0, 0.1) is 0 Å². The highest BCUT2D eigenvalue weighted by Gasteiger charge is 2.51. The zero-order valence-corrected chi connectivity index (χ0v) is 21.0. The molecule has 1 saturated heterocycles. The summed E-state index contributed by atoms with van der Waals surface area (Å²) in [5.74, 6) is -0.832. The van der Waals surface area contributed by atoms with Crippen molar-refractivity contribution in [1.82, 2.24) is 9.55 Å². The lowest BCUT2D eigenvalue weighted by atomic mass is 9.79. The Kier molecular flexibility index (Phi) is 6.55. The summed E-state index contributed by atoms with van der Waals surface area (Å²) in [4.78, 5) is 29.8. The number of sulfone groups is 1. The van der Waals surface area contributed by atoms with Crippen molar-refractivity contribution in [2.45, 2.75) is 70.5 Å². The number of nitrogens with zero attached hydrogens (tertiary/aromatic N) is 2. The van der Waals surface area contributed by atoms with Gasteiger partial charge in [0.25, 0.3) is 5.56 Å². The lowest BCUT2D eigenvalue weighted by Gasteiger charge is -2.32. The van der Waals surface area contributed by atoms with Crippen LogP contribution in [0.3, 0.4) is 0 Å². The van der Waals surface area contributed by atoms with Gasteiger partial charge in [0.1, 0.15) is 0 Å². The zero-order chi connectivity index (χ0) is 24.8. The molecule has 33 heavy (non-hydrogen) atoms. The molecule has 0 N–H and O–H groups in total. The van der Waals surface area contributed by atoms with E-state index in [1.165, 1.54) is 17.8 Å². The molecule has 0 amide bonds. The minimum Gasteiger partial charge on any atom is -0.465 e. The summed E-state index contributed by atoms with van der Waals surface area (Å²) < 4.78 is 41.3. The number of carbonyl (C=O) groups excluding carboxylic acids is 1. The molecule has 0 radical (unpaired) electrons. The summed E-state index contributed by atoms with van der Waals surface area (Å²) in [6, 6.07) is 5.17. The summed E-state index contributed by atoms with van der Waals surface area (Å²) in [7, 11) is -4.36. The van der Waals surface area contributed by atoms with E-state index in [0.717, 1.165) is 11.7 Å². The first-order valence-corrected chi connectivity index (χ1v) is 12.7. The fraction of sp³-hybridized carbons (Fsp3) is 0.591. The molecule has 9 nitrogen and oxygen atoms in total. The molecule has 11 heteroatoms. The maximum atomic E-state index is 13.0. The van der Waals surface area contributed by atoms with E-state index < -0.39 is 38.9 Å². The van der Waals surface area contributed by atoms with Gasteiger partial charge in [0.15, 0.2) is 14.6 Å². The molecule has 0 aliphatic carbocycles. The molecule has 3 rings (SSSR count). The first-order valence-electron chi connectivity index (χ1n) is 10.8. The Morgan fingerprint density at radius 1 is 1.21 bits per heavy atom. The number of aromatic nitrogens is 2. The van der Waals surface area contributed by atoms with Crippen molar-refractivity contribution >= 4 is 39.3 Å². The average molecular weight is 478 g/mol. The predicted molar refractivity (Wildman–Crippen MR) is 126 cm³/mol. The molecule has 1 aliphatic rings. The molecule has 180 valence electrons. The molecule has 2 heterocycles. The van der Waals surface area contributed by atoms with E-state index in [9.17, 15) is 18.0 Å². The van der Waals surface area contributed by atoms with Crippen molar-refractivity contribution in [3.8, 4) is 0 Å². The minimum atomic E-state index is -3.78. The molecule has 0 saturated carbocycles. The molecular weight excluding hydrogens is 447 g/mol. The second-order valence-corrected chi connectivity index (χ2v) is 12.0. The monoisotopic (exact) mass is 478 g/mol. The van der Waals surface area contributed by atoms with Crippen LogP contribution in [0.25, 0.3) is 10.9 Å². The van der Waals surface area contributed by atoms with Gasteiger partial charge in [-0.15, -0.1) is 0 Å². The third-order valence-corrected chi connectivity index (χ3v) is 8.74. The summed E-state index contributed by atoms with van der Waals surface area (Å²) in [5, 5.41) is 0.370. The number of aryl methyl sites for hydroxylation is 1. The average Bonchev–Trinajstić information content (AvgIpc) is 2.93. The van der Waals surface area contributed by atoms with E-state index >= 15 is 0 Å². The van der Waals surface area contributed by atoms with Crippen LogP contribution in [0.15, 0.2) is 29.3 Å². The van der Waals surface area contributed by atoms with Crippen LogP contribution in [0.5, 0.6) is 0 Å². The molecule has 1 aromatic heterocycles. The van der Waals surface area contributed by atoms with Gasteiger partial charge in [0.2, 0.25) is 0 Å². The normalized spacial score (nSPS) is 19.4. The van der Waals surface area contributed by atoms with Gasteiger partial charge in [-0.05, 0) is 65.6 Å². The summed E-state index contributed by atoms with van der Waals surface area (Å²) in [6.45, 7) is 10.8. The number of rotatable bonds is 7. The van der Waals surface area contributed by atoms with E-state index in [1.54, 1.807) is 25.1 Å². The first-order chi connectivity index (χ1) is 15.1. The molecule has 0 bridgehead atoms. The fourth-order valence-corrected chi connectivity index (χ4v) is 4.34. The van der Waals surface area contributed by atoms with Gasteiger partial charge in [0, 0.05) is 12.8 Å². The lowest BCUT2D eigenvalue weighted by molar-refractivity contribution is -0.146. The van der Waals surface area contributed by atoms with Crippen LogP contribution in [0.4, 0.5) is 0 Å². The van der Waals surface area contributed by atoms with Crippen molar-refractivity contribution in [3.05, 3.63) is 34.9 Å². The van der Waals surface area contributed by atoms with Gasteiger partial charge in [0.05, 0.1) is 35.0 Å². The SMILES string of the molecule is CCOC(=O)C(C)(CCn1cnc2cc(B3OC(C)(C)C(C)(C)O3)ccc2c1=O)S(C)(=O)=O. The number of hydrogen-bond donors (Lipinski definition) is 0. The molecule has 1 fully saturated rings. The Balaban J connectivity index is 1.88. The van der Waals surface area contributed by atoms with Gasteiger partial charge in [-0.3, -0.25) is 14.2 Å². The third-order valence-electron chi connectivity index (χ3n) is 6.73.